The van der Waals surface area contributed by atoms with Gasteiger partial charge in [-0.15, -0.1) is 0 Å². The number of aromatic nitrogens is 2. The van der Waals surface area contributed by atoms with E-state index in [-0.39, 0.29) is 0 Å². The van der Waals surface area contributed by atoms with E-state index in [1.807, 2.05) is 20.8 Å². The molecule has 0 aromatic carbocycles. The van der Waals surface area contributed by atoms with Gasteiger partial charge in [0.15, 0.2) is 0 Å². The highest BCUT2D eigenvalue weighted by molar-refractivity contribution is 9.10. The summed E-state index contributed by atoms with van der Waals surface area (Å²) >= 11 is 3.26. The van der Waals surface area contributed by atoms with Crippen molar-refractivity contribution in [2.75, 3.05) is 0 Å². The van der Waals surface area contributed by atoms with E-state index in [0.29, 0.717) is 5.82 Å². The third-order valence-electron chi connectivity index (χ3n) is 1.51. The Bertz CT molecular complexity index is 352. The second-order valence-corrected chi connectivity index (χ2v) is 4.78. The van der Waals surface area contributed by atoms with Crippen molar-refractivity contribution >= 4 is 21.9 Å². The molecule has 0 aliphatic rings. The minimum absolute atomic E-state index is 0.298. The third-order valence-corrected chi connectivity index (χ3v) is 2.25. The lowest BCUT2D eigenvalue weighted by Crippen LogP contribution is -2.25. The highest BCUT2D eigenvalue weighted by Gasteiger charge is 2.21. The molecule has 14 heavy (non-hydrogen) atoms. The number of hydrogen-bond acceptors (Lipinski definition) is 3. The number of hydrogen-bond donors (Lipinski definition) is 0. The first-order chi connectivity index (χ1) is 6.31. The number of esters is 1. The van der Waals surface area contributed by atoms with Gasteiger partial charge in [0.1, 0.15) is 10.2 Å². The van der Waals surface area contributed by atoms with Crippen LogP contribution in [0.5, 0.6) is 0 Å². The normalized spacial score (nSPS) is 11.5. The van der Waals surface area contributed by atoms with Gasteiger partial charge in [0.05, 0.1) is 6.20 Å². The van der Waals surface area contributed by atoms with E-state index in [4.69, 9.17) is 4.74 Å². The molecule has 5 heteroatoms. The molecule has 0 saturated heterocycles. The fourth-order valence-electron chi connectivity index (χ4n) is 0.902. The predicted octanol–water partition coefficient (Wildman–Crippen LogP) is 2.14. The number of halogens is 1. The smallest absolute Gasteiger partial charge is 0.375 e. The zero-order chi connectivity index (χ0) is 10.9. The van der Waals surface area contributed by atoms with Crippen LogP contribution in [0.4, 0.5) is 0 Å². The summed E-state index contributed by atoms with van der Waals surface area (Å²) in [5.41, 5.74) is -0.491. The van der Waals surface area contributed by atoms with Gasteiger partial charge in [-0.25, -0.2) is 9.78 Å². The summed E-state index contributed by atoms with van der Waals surface area (Å²) in [6.45, 7) is 5.47. The molecule has 0 atom stereocenters. The molecule has 0 N–H and O–H groups in total. The molecule has 1 heterocycles. The Morgan fingerprint density at radius 1 is 1.57 bits per heavy atom. The number of imidazole rings is 1. The predicted molar refractivity (Wildman–Crippen MR) is 56.1 cm³/mol. The van der Waals surface area contributed by atoms with E-state index in [0.717, 1.165) is 4.60 Å². The van der Waals surface area contributed by atoms with Crippen LogP contribution in [0.1, 0.15) is 31.4 Å². The van der Waals surface area contributed by atoms with Gasteiger partial charge in [-0.1, -0.05) is 0 Å². The largest absolute Gasteiger partial charge is 0.454 e. The molecule has 78 valence electrons. The van der Waals surface area contributed by atoms with Crippen LogP contribution in [0, 0.1) is 0 Å². The van der Waals surface area contributed by atoms with Gasteiger partial charge in [-0.05, 0) is 36.7 Å². The Balaban J connectivity index is 2.86. The molecule has 0 bridgehead atoms. The molecule has 0 amide bonds. The van der Waals surface area contributed by atoms with Crippen molar-refractivity contribution in [3.8, 4) is 0 Å². The lowest BCUT2D eigenvalue weighted by atomic mass is 10.2. The number of carbonyl (C=O) groups excluding carboxylic acids is 1. The monoisotopic (exact) mass is 260 g/mol. The van der Waals surface area contributed by atoms with E-state index >= 15 is 0 Å². The van der Waals surface area contributed by atoms with Gasteiger partial charge in [-0.3, -0.25) is 0 Å². The first-order valence-corrected chi connectivity index (χ1v) is 5.01. The van der Waals surface area contributed by atoms with Crippen LogP contribution in [-0.4, -0.2) is 21.1 Å². The standard InChI is InChI=1S/C9H13BrN2O2/c1-9(2,3)14-8(13)7-11-5-6(10)12(7)4/h5H,1-4H3. The molecule has 1 aromatic rings. The van der Waals surface area contributed by atoms with E-state index in [1.165, 1.54) is 0 Å². The molecule has 1 aromatic heterocycles. The Kier molecular flexibility index (Phi) is 2.99. The van der Waals surface area contributed by atoms with Gasteiger partial charge >= 0.3 is 5.97 Å². The fourth-order valence-corrected chi connectivity index (χ4v) is 1.17. The molecule has 0 saturated carbocycles. The molecule has 0 fully saturated rings. The molecular weight excluding hydrogens is 248 g/mol. The number of rotatable bonds is 1. The van der Waals surface area contributed by atoms with Crippen molar-refractivity contribution in [1.82, 2.24) is 9.55 Å². The zero-order valence-corrected chi connectivity index (χ0v) is 10.3. The van der Waals surface area contributed by atoms with Gasteiger partial charge in [0.25, 0.3) is 0 Å². The summed E-state index contributed by atoms with van der Waals surface area (Å²) < 4.78 is 7.56. The van der Waals surface area contributed by atoms with Crippen LogP contribution in [0.15, 0.2) is 10.8 Å². The van der Waals surface area contributed by atoms with Crippen molar-refractivity contribution in [1.29, 1.82) is 0 Å². The molecular formula is C9H13BrN2O2. The van der Waals surface area contributed by atoms with E-state index < -0.39 is 11.6 Å². The van der Waals surface area contributed by atoms with Crippen molar-refractivity contribution in [3.05, 3.63) is 16.6 Å². The lowest BCUT2D eigenvalue weighted by molar-refractivity contribution is 0.00517. The fraction of sp³-hybridized carbons (Fsp3) is 0.556. The quantitative estimate of drug-likeness (QED) is 0.727. The van der Waals surface area contributed by atoms with Gasteiger partial charge < -0.3 is 9.30 Å². The maximum Gasteiger partial charge on any atom is 0.375 e. The molecule has 4 nitrogen and oxygen atoms in total. The molecule has 1 rings (SSSR count). The molecule has 0 aliphatic carbocycles. The van der Waals surface area contributed by atoms with E-state index in [1.54, 1.807) is 17.8 Å². The average Bonchev–Trinajstić information content (AvgIpc) is 2.29. The van der Waals surface area contributed by atoms with Crippen molar-refractivity contribution < 1.29 is 9.53 Å². The Labute approximate surface area is 91.4 Å². The van der Waals surface area contributed by atoms with E-state index in [2.05, 4.69) is 20.9 Å². The molecule has 0 radical (unpaired) electrons. The topological polar surface area (TPSA) is 44.1 Å². The van der Waals surface area contributed by atoms with Crippen LogP contribution in [-0.2, 0) is 11.8 Å². The molecule has 0 aliphatic heterocycles. The number of carbonyl (C=O) groups is 1. The Morgan fingerprint density at radius 3 is 2.50 bits per heavy atom. The Hall–Kier alpha value is -0.840. The third kappa shape index (κ3) is 2.57. The SMILES string of the molecule is Cn1c(Br)cnc1C(=O)OC(C)(C)C. The van der Waals surface area contributed by atoms with Crippen LogP contribution < -0.4 is 0 Å². The van der Waals surface area contributed by atoms with Crippen LogP contribution in [0.2, 0.25) is 0 Å². The Morgan fingerprint density at radius 2 is 2.14 bits per heavy atom. The van der Waals surface area contributed by atoms with E-state index in [9.17, 15) is 4.79 Å². The number of nitrogens with zero attached hydrogens (tertiary/aromatic N) is 2. The van der Waals surface area contributed by atoms with Crippen molar-refractivity contribution in [2.45, 2.75) is 26.4 Å². The van der Waals surface area contributed by atoms with Gasteiger partial charge in [0.2, 0.25) is 5.82 Å². The highest BCUT2D eigenvalue weighted by atomic mass is 79.9. The highest BCUT2D eigenvalue weighted by Crippen LogP contribution is 2.14. The minimum Gasteiger partial charge on any atom is -0.454 e. The summed E-state index contributed by atoms with van der Waals surface area (Å²) in [5, 5.41) is 0. The second-order valence-electron chi connectivity index (χ2n) is 3.97. The number of ether oxygens (including phenoxy) is 1. The summed E-state index contributed by atoms with van der Waals surface area (Å²) in [6, 6.07) is 0. The summed E-state index contributed by atoms with van der Waals surface area (Å²) in [6.07, 6.45) is 1.57. The average molecular weight is 261 g/mol. The summed E-state index contributed by atoms with van der Waals surface area (Å²) in [7, 11) is 1.75. The maximum absolute atomic E-state index is 11.6. The van der Waals surface area contributed by atoms with Gasteiger partial charge in [-0.2, -0.15) is 0 Å². The summed E-state index contributed by atoms with van der Waals surface area (Å²) in [5.74, 6) is -0.113. The molecule has 0 spiro atoms. The van der Waals surface area contributed by atoms with Gasteiger partial charge in [0, 0.05) is 7.05 Å². The van der Waals surface area contributed by atoms with Crippen LogP contribution in [0.3, 0.4) is 0 Å². The first kappa shape index (κ1) is 11.2. The zero-order valence-electron chi connectivity index (χ0n) is 8.67. The summed E-state index contributed by atoms with van der Waals surface area (Å²) in [4.78, 5) is 15.5. The second kappa shape index (κ2) is 3.73. The maximum atomic E-state index is 11.6. The van der Waals surface area contributed by atoms with Crippen LogP contribution >= 0.6 is 15.9 Å². The van der Waals surface area contributed by atoms with Crippen molar-refractivity contribution in [2.24, 2.45) is 7.05 Å². The van der Waals surface area contributed by atoms with Crippen molar-refractivity contribution in [3.63, 3.8) is 0 Å². The minimum atomic E-state index is -0.491. The lowest BCUT2D eigenvalue weighted by Gasteiger charge is -2.18. The first-order valence-electron chi connectivity index (χ1n) is 4.22. The molecule has 0 unspecified atom stereocenters. The van der Waals surface area contributed by atoms with Crippen LogP contribution in [0.25, 0.3) is 0 Å².